The Morgan fingerprint density at radius 2 is 2.33 bits per heavy atom. The van der Waals surface area contributed by atoms with E-state index in [1.165, 1.54) is 0 Å². The molecule has 0 unspecified atom stereocenters. The average Bonchev–Trinajstić information content (AvgIpc) is 2.48. The molecule has 1 aromatic heterocycles. The summed E-state index contributed by atoms with van der Waals surface area (Å²) >= 11 is 0. The van der Waals surface area contributed by atoms with Gasteiger partial charge in [0, 0.05) is 0 Å². The zero-order valence-electron chi connectivity index (χ0n) is 7.11. The molecule has 7 nitrogen and oxygen atoms in total. The number of alkyl halides is 2. The first-order valence-corrected chi connectivity index (χ1v) is 3.63. The van der Waals surface area contributed by atoms with Crippen LogP contribution in [0.2, 0.25) is 0 Å². The van der Waals surface area contributed by atoms with Gasteiger partial charge in [0.05, 0.1) is 6.07 Å². The van der Waals surface area contributed by atoms with Crippen molar-refractivity contribution in [1.82, 2.24) is 10.2 Å². The number of nitro groups is 1. The molecular weight excluding hydrogens is 216 g/mol. The van der Waals surface area contributed by atoms with Crippen LogP contribution < -0.4 is 0 Å². The zero-order valence-corrected chi connectivity index (χ0v) is 7.11. The van der Waals surface area contributed by atoms with Gasteiger partial charge in [0.25, 0.3) is 0 Å². The number of carbonyl (C=O) groups is 1. The molecule has 0 spiro atoms. The predicted octanol–water partition coefficient (Wildman–Crippen LogP) is 0.884. The number of rotatable bonds is 4. The highest BCUT2D eigenvalue weighted by Crippen LogP contribution is 2.31. The van der Waals surface area contributed by atoms with Crippen molar-refractivity contribution in [3.8, 4) is 0 Å². The highest BCUT2D eigenvalue weighted by atomic mass is 19.3. The molecular formula is C6H5F2N3O4. The summed E-state index contributed by atoms with van der Waals surface area (Å²) in [6.07, 6.45) is -1.46. The topological polar surface area (TPSA) is 109 Å². The third-order valence-electron chi connectivity index (χ3n) is 1.51. The molecule has 15 heavy (non-hydrogen) atoms. The molecule has 0 radical (unpaired) electrons. The maximum atomic E-state index is 13.0. The van der Waals surface area contributed by atoms with Crippen LogP contribution >= 0.6 is 0 Å². The van der Waals surface area contributed by atoms with E-state index in [1.807, 2.05) is 0 Å². The summed E-state index contributed by atoms with van der Waals surface area (Å²) in [5.74, 6) is -6.16. The molecule has 0 aliphatic carbocycles. The summed E-state index contributed by atoms with van der Waals surface area (Å²) in [5, 5.41) is 23.1. The molecule has 0 aliphatic rings. The smallest absolute Gasteiger partial charge is 0.343 e. The molecule has 0 bridgehead atoms. The number of carboxylic acid groups (broad SMARTS) is 1. The predicted molar refractivity (Wildman–Crippen MR) is 41.4 cm³/mol. The Bertz CT molecular complexity index is 403. The van der Waals surface area contributed by atoms with E-state index in [1.54, 1.807) is 5.10 Å². The summed E-state index contributed by atoms with van der Waals surface area (Å²) < 4.78 is 26.0. The summed E-state index contributed by atoms with van der Waals surface area (Å²) in [4.78, 5) is 19.3. The lowest BCUT2D eigenvalue weighted by molar-refractivity contribution is -0.389. The van der Waals surface area contributed by atoms with Crippen molar-refractivity contribution in [1.29, 1.82) is 0 Å². The summed E-state index contributed by atoms with van der Waals surface area (Å²) in [6.45, 7) is 0. The molecule has 0 saturated heterocycles. The lowest BCUT2D eigenvalue weighted by atomic mass is 10.2. The fraction of sp³-hybridized carbons (Fsp3) is 0.333. The Morgan fingerprint density at radius 1 is 1.73 bits per heavy atom. The zero-order chi connectivity index (χ0) is 11.6. The van der Waals surface area contributed by atoms with Gasteiger partial charge in [-0.3, -0.25) is 4.79 Å². The first kappa shape index (κ1) is 11.0. The standard InChI is InChI=1S/C6H5F2N3O4/c7-6(8,2-5(12)13)3-1-4(10-9-3)11(14)15/h1H,2H2,(H,9,10)(H,12,13). The van der Waals surface area contributed by atoms with E-state index >= 15 is 0 Å². The van der Waals surface area contributed by atoms with Gasteiger partial charge >= 0.3 is 17.7 Å². The van der Waals surface area contributed by atoms with Crippen LogP contribution in [0.1, 0.15) is 12.1 Å². The van der Waals surface area contributed by atoms with E-state index in [-0.39, 0.29) is 0 Å². The molecule has 0 amide bonds. The number of aliphatic carboxylic acids is 1. The summed E-state index contributed by atoms with van der Waals surface area (Å²) in [5.41, 5.74) is -0.961. The molecule has 0 aromatic carbocycles. The number of carboxylic acids is 1. The maximum Gasteiger partial charge on any atom is 0.343 e. The molecule has 1 aromatic rings. The molecule has 1 heterocycles. The van der Waals surface area contributed by atoms with Gasteiger partial charge in [0.2, 0.25) is 0 Å². The quantitative estimate of drug-likeness (QED) is 0.579. The van der Waals surface area contributed by atoms with Crippen molar-refractivity contribution < 1.29 is 23.6 Å². The molecule has 1 rings (SSSR count). The Morgan fingerprint density at radius 3 is 2.73 bits per heavy atom. The third kappa shape index (κ3) is 2.45. The largest absolute Gasteiger partial charge is 0.481 e. The fourth-order valence-corrected chi connectivity index (χ4v) is 0.873. The number of nitrogens with zero attached hydrogens (tertiary/aromatic N) is 2. The Hall–Kier alpha value is -2.06. The second kappa shape index (κ2) is 3.59. The van der Waals surface area contributed by atoms with Gasteiger partial charge in [-0.05, 0) is 4.92 Å². The molecule has 82 valence electrons. The van der Waals surface area contributed by atoms with Crippen molar-refractivity contribution >= 4 is 11.8 Å². The van der Waals surface area contributed by atoms with Gasteiger partial charge in [0.1, 0.15) is 6.42 Å². The summed E-state index contributed by atoms with van der Waals surface area (Å²) in [7, 11) is 0. The van der Waals surface area contributed by atoms with Crippen molar-refractivity contribution in [3.05, 3.63) is 21.9 Å². The fourth-order valence-electron chi connectivity index (χ4n) is 0.873. The highest BCUT2D eigenvalue weighted by Gasteiger charge is 2.39. The first-order valence-electron chi connectivity index (χ1n) is 3.63. The number of hydrogen-bond donors (Lipinski definition) is 2. The van der Waals surface area contributed by atoms with E-state index in [4.69, 9.17) is 5.11 Å². The van der Waals surface area contributed by atoms with Crippen LogP contribution in [0.5, 0.6) is 0 Å². The second-order valence-electron chi connectivity index (χ2n) is 2.67. The van der Waals surface area contributed by atoms with E-state index in [0.29, 0.717) is 6.07 Å². The van der Waals surface area contributed by atoms with E-state index in [9.17, 15) is 23.7 Å². The second-order valence-corrected chi connectivity index (χ2v) is 2.67. The Balaban J connectivity index is 2.94. The minimum atomic E-state index is -3.73. The highest BCUT2D eigenvalue weighted by molar-refractivity contribution is 5.68. The lowest BCUT2D eigenvalue weighted by Gasteiger charge is -2.08. The lowest BCUT2D eigenvalue weighted by Crippen LogP contribution is -2.18. The van der Waals surface area contributed by atoms with Crippen molar-refractivity contribution in [2.45, 2.75) is 12.3 Å². The van der Waals surface area contributed by atoms with Crippen LogP contribution in [-0.2, 0) is 10.7 Å². The number of aromatic amines is 1. The van der Waals surface area contributed by atoms with Crippen LogP contribution in [0.3, 0.4) is 0 Å². The average molecular weight is 221 g/mol. The van der Waals surface area contributed by atoms with Crippen molar-refractivity contribution in [2.75, 3.05) is 0 Å². The monoisotopic (exact) mass is 221 g/mol. The first-order chi connectivity index (χ1) is 6.83. The SMILES string of the molecule is O=C(O)CC(F)(F)c1cc([N+](=O)[O-])[nH]n1. The maximum absolute atomic E-state index is 13.0. The number of hydrogen-bond acceptors (Lipinski definition) is 4. The van der Waals surface area contributed by atoms with E-state index < -0.39 is 34.7 Å². The van der Waals surface area contributed by atoms with Crippen LogP contribution in [0.15, 0.2) is 6.07 Å². The number of aromatic nitrogens is 2. The molecule has 9 heteroatoms. The van der Waals surface area contributed by atoms with Crippen LogP contribution in [-0.4, -0.2) is 26.2 Å². The van der Waals surface area contributed by atoms with Crippen molar-refractivity contribution in [3.63, 3.8) is 0 Å². The van der Waals surface area contributed by atoms with E-state index in [2.05, 4.69) is 5.10 Å². The molecule has 0 atom stereocenters. The minimum Gasteiger partial charge on any atom is -0.481 e. The minimum absolute atomic E-state index is 0.503. The Labute approximate surface area is 80.9 Å². The van der Waals surface area contributed by atoms with Gasteiger partial charge in [-0.15, -0.1) is 5.10 Å². The van der Waals surface area contributed by atoms with Gasteiger partial charge in [-0.2, -0.15) is 8.78 Å². The number of halogens is 2. The Kier molecular flexibility index (Phi) is 2.64. The normalized spacial score (nSPS) is 11.3. The van der Waals surface area contributed by atoms with Crippen LogP contribution in [0.4, 0.5) is 14.6 Å². The number of nitrogens with one attached hydrogen (secondary N) is 1. The van der Waals surface area contributed by atoms with Crippen LogP contribution in [0.25, 0.3) is 0 Å². The molecule has 2 N–H and O–H groups in total. The van der Waals surface area contributed by atoms with E-state index in [0.717, 1.165) is 0 Å². The molecule has 0 aliphatic heterocycles. The summed E-state index contributed by atoms with van der Waals surface area (Å²) in [6, 6.07) is 0.503. The van der Waals surface area contributed by atoms with Crippen LogP contribution in [0, 0.1) is 10.1 Å². The van der Waals surface area contributed by atoms with Crippen molar-refractivity contribution in [2.24, 2.45) is 0 Å². The van der Waals surface area contributed by atoms with Gasteiger partial charge < -0.3 is 15.2 Å². The molecule has 0 saturated carbocycles. The molecule has 0 fully saturated rings. The van der Waals surface area contributed by atoms with Gasteiger partial charge in [0.15, 0.2) is 5.69 Å². The number of H-pyrrole nitrogens is 1. The van der Waals surface area contributed by atoms with Gasteiger partial charge in [-0.25, -0.2) is 0 Å². The van der Waals surface area contributed by atoms with Gasteiger partial charge in [-0.1, -0.05) is 5.10 Å². The third-order valence-corrected chi connectivity index (χ3v) is 1.51.